The highest BCUT2D eigenvalue weighted by Gasteiger charge is 2.09. The van der Waals surface area contributed by atoms with Crippen molar-refractivity contribution >= 4 is 22.7 Å². The van der Waals surface area contributed by atoms with E-state index in [0.717, 1.165) is 23.9 Å². The molecule has 0 unspecified atom stereocenters. The van der Waals surface area contributed by atoms with Crippen LogP contribution in [0.2, 0.25) is 0 Å². The van der Waals surface area contributed by atoms with Gasteiger partial charge in [-0.25, -0.2) is 23.1 Å². The molecule has 0 atom stereocenters. The normalized spacial score (nSPS) is 10.9. The second kappa shape index (κ2) is 5.13. The van der Waals surface area contributed by atoms with Crippen molar-refractivity contribution in [2.45, 2.75) is 9.92 Å². The van der Waals surface area contributed by atoms with E-state index in [0.29, 0.717) is 20.8 Å². The van der Waals surface area contributed by atoms with E-state index in [1.165, 1.54) is 24.5 Å². The van der Waals surface area contributed by atoms with E-state index in [1.54, 1.807) is 6.07 Å². The minimum atomic E-state index is -0.931. The van der Waals surface area contributed by atoms with Crippen molar-refractivity contribution in [1.82, 2.24) is 9.97 Å². The molecule has 0 amide bonds. The largest absolute Gasteiger partial charge is 0.236 e. The molecule has 0 N–H and O–H groups in total. The lowest BCUT2D eigenvalue weighted by Gasteiger charge is -2.05. The number of halogens is 3. The maximum absolute atomic E-state index is 13.3. The van der Waals surface area contributed by atoms with Crippen molar-refractivity contribution in [2.75, 3.05) is 0 Å². The van der Waals surface area contributed by atoms with Gasteiger partial charge >= 0.3 is 0 Å². The SMILES string of the molecule is Fc1ccc2ncnc(Sc3ccc(F)c(F)c3)c2c1. The highest BCUT2D eigenvalue weighted by molar-refractivity contribution is 7.99. The van der Waals surface area contributed by atoms with Crippen LogP contribution in [0, 0.1) is 17.5 Å². The summed E-state index contributed by atoms with van der Waals surface area (Å²) >= 11 is 1.12. The van der Waals surface area contributed by atoms with Gasteiger partial charge in [-0.15, -0.1) is 0 Å². The molecule has 0 spiro atoms. The zero-order valence-electron chi connectivity index (χ0n) is 9.98. The van der Waals surface area contributed by atoms with Gasteiger partial charge in [0.1, 0.15) is 17.2 Å². The summed E-state index contributed by atoms with van der Waals surface area (Å²) in [5.74, 6) is -2.24. The molecule has 0 fully saturated rings. The van der Waals surface area contributed by atoms with Crippen LogP contribution in [0.5, 0.6) is 0 Å². The Morgan fingerprint density at radius 2 is 1.70 bits per heavy atom. The van der Waals surface area contributed by atoms with Gasteiger partial charge < -0.3 is 0 Å². The van der Waals surface area contributed by atoms with Gasteiger partial charge in [0.05, 0.1) is 5.52 Å². The Bertz CT molecular complexity index is 792. The van der Waals surface area contributed by atoms with E-state index < -0.39 is 17.5 Å². The Hall–Kier alpha value is -2.08. The summed E-state index contributed by atoms with van der Waals surface area (Å²) in [6.07, 6.45) is 1.35. The number of rotatable bonds is 2. The van der Waals surface area contributed by atoms with Gasteiger partial charge in [0, 0.05) is 10.3 Å². The number of hydrogen-bond acceptors (Lipinski definition) is 3. The lowest BCUT2D eigenvalue weighted by Crippen LogP contribution is -1.89. The quantitative estimate of drug-likeness (QED) is 0.662. The van der Waals surface area contributed by atoms with Crippen molar-refractivity contribution in [3.8, 4) is 0 Å². The molecule has 0 saturated carbocycles. The molecule has 2 nitrogen and oxygen atoms in total. The van der Waals surface area contributed by atoms with Crippen LogP contribution in [-0.2, 0) is 0 Å². The predicted octanol–water partition coefficient (Wildman–Crippen LogP) is 4.20. The standard InChI is InChI=1S/C14H7F3N2S/c15-8-1-4-13-10(5-8)14(19-7-18-13)20-9-2-3-11(16)12(17)6-9/h1-7H. The molecular formula is C14H7F3N2S. The molecule has 0 aliphatic heterocycles. The lowest BCUT2D eigenvalue weighted by atomic mass is 10.2. The molecule has 0 saturated heterocycles. The molecular weight excluding hydrogens is 285 g/mol. The minimum Gasteiger partial charge on any atom is -0.236 e. The third-order valence-corrected chi connectivity index (χ3v) is 3.67. The summed E-state index contributed by atoms with van der Waals surface area (Å²) in [6, 6.07) is 7.73. The summed E-state index contributed by atoms with van der Waals surface area (Å²) < 4.78 is 39.4. The fourth-order valence-corrected chi connectivity index (χ4v) is 2.63. The van der Waals surface area contributed by atoms with Crippen LogP contribution in [0.3, 0.4) is 0 Å². The van der Waals surface area contributed by atoms with Crippen LogP contribution in [0.1, 0.15) is 0 Å². The second-order valence-electron chi connectivity index (χ2n) is 4.02. The van der Waals surface area contributed by atoms with Gasteiger partial charge in [-0.05, 0) is 36.4 Å². The van der Waals surface area contributed by atoms with E-state index in [4.69, 9.17) is 0 Å². The fraction of sp³-hybridized carbons (Fsp3) is 0. The van der Waals surface area contributed by atoms with E-state index >= 15 is 0 Å². The van der Waals surface area contributed by atoms with Crippen molar-refractivity contribution < 1.29 is 13.2 Å². The molecule has 1 heterocycles. The minimum absolute atomic E-state index is 0.403. The average Bonchev–Trinajstić information content (AvgIpc) is 2.44. The molecule has 2 aromatic carbocycles. The summed E-state index contributed by atoms with van der Waals surface area (Å²) in [5.41, 5.74) is 0.589. The van der Waals surface area contributed by atoms with Crippen LogP contribution in [0.15, 0.2) is 52.6 Å². The Morgan fingerprint density at radius 3 is 2.50 bits per heavy atom. The molecule has 0 bridgehead atoms. The maximum atomic E-state index is 13.3. The monoisotopic (exact) mass is 292 g/mol. The van der Waals surface area contributed by atoms with Crippen LogP contribution in [-0.4, -0.2) is 9.97 Å². The number of aromatic nitrogens is 2. The summed E-state index contributed by atoms with van der Waals surface area (Å²) in [4.78, 5) is 8.58. The fourth-order valence-electron chi connectivity index (χ4n) is 1.74. The first-order valence-electron chi connectivity index (χ1n) is 5.66. The lowest BCUT2D eigenvalue weighted by molar-refractivity contribution is 0.506. The molecule has 0 aliphatic carbocycles. The van der Waals surface area contributed by atoms with Gasteiger partial charge in [-0.1, -0.05) is 11.8 Å². The Morgan fingerprint density at radius 1 is 0.850 bits per heavy atom. The predicted molar refractivity (Wildman–Crippen MR) is 70.0 cm³/mol. The smallest absolute Gasteiger partial charge is 0.159 e. The summed E-state index contributed by atoms with van der Waals surface area (Å²) in [7, 11) is 0. The van der Waals surface area contributed by atoms with Crippen LogP contribution in [0.4, 0.5) is 13.2 Å². The molecule has 0 aliphatic rings. The van der Waals surface area contributed by atoms with Gasteiger partial charge in [-0.2, -0.15) is 0 Å². The molecule has 20 heavy (non-hydrogen) atoms. The molecule has 0 radical (unpaired) electrons. The van der Waals surface area contributed by atoms with E-state index in [1.807, 2.05) is 0 Å². The van der Waals surface area contributed by atoms with Crippen LogP contribution in [0.25, 0.3) is 10.9 Å². The molecule has 3 rings (SSSR count). The summed E-state index contributed by atoms with van der Waals surface area (Å²) in [6.45, 7) is 0. The maximum Gasteiger partial charge on any atom is 0.159 e. The van der Waals surface area contributed by atoms with Gasteiger partial charge in [0.15, 0.2) is 11.6 Å². The molecule has 1 aromatic heterocycles. The van der Waals surface area contributed by atoms with Gasteiger partial charge in [-0.3, -0.25) is 0 Å². The van der Waals surface area contributed by atoms with Crippen molar-refractivity contribution in [3.63, 3.8) is 0 Å². The Balaban J connectivity index is 2.05. The summed E-state index contributed by atoms with van der Waals surface area (Å²) in [5, 5.41) is 1.02. The highest BCUT2D eigenvalue weighted by Crippen LogP contribution is 2.31. The molecule has 6 heteroatoms. The first-order chi connectivity index (χ1) is 9.63. The van der Waals surface area contributed by atoms with E-state index in [-0.39, 0.29) is 0 Å². The first-order valence-corrected chi connectivity index (χ1v) is 6.48. The number of hydrogen-bond donors (Lipinski definition) is 0. The number of fused-ring (bicyclic) bond motifs is 1. The van der Waals surface area contributed by atoms with Crippen molar-refractivity contribution in [3.05, 3.63) is 60.2 Å². The topological polar surface area (TPSA) is 25.8 Å². The third-order valence-electron chi connectivity index (χ3n) is 2.67. The van der Waals surface area contributed by atoms with Crippen molar-refractivity contribution in [2.24, 2.45) is 0 Å². The van der Waals surface area contributed by atoms with E-state index in [9.17, 15) is 13.2 Å². The van der Waals surface area contributed by atoms with Crippen LogP contribution >= 0.6 is 11.8 Å². The first kappa shape index (κ1) is 12.9. The molecule has 100 valence electrons. The number of benzene rings is 2. The molecule has 3 aromatic rings. The average molecular weight is 292 g/mol. The highest BCUT2D eigenvalue weighted by atomic mass is 32.2. The third kappa shape index (κ3) is 2.46. The second-order valence-corrected chi connectivity index (χ2v) is 5.08. The van der Waals surface area contributed by atoms with Crippen molar-refractivity contribution in [1.29, 1.82) is 0 Å². The number of nitrogens with zero attached hydrogens (tertiary/aromatic N) is 2. The Labute approximate surface area is 116 Å². The van der Waals surface area contributed by atoms with Gasteiger partial charge in [0.25, 0.3) is 0 Å². The Kier molecular flexibility index (Phi) is 3.31. The van der Waals surface area contributed by atoms with Crippen LogP contribution < -0.4 is 0 Å². The van der Waals surface area contributed by atoms with E-state index in [2.05, 4.69) is 9.97 Å². The van der Waals surface area contributed by atoms with Gasteiger partial charge in [0.2, 0.25) is 0 Å². The zero-order valence-corrected chi connectivity index (χ0v) is 10.8. The zero-order chi connectivity index (χ0) is 14.1.